The molecular weight excluding hydrogens is 300 g/mol. The summed E-state index contributed by atoms with van der Waals surface area (Å²) in [5.41, 5.74) is 0. The standard InChI is InChI=1S/C13H18O9/c14-11-9(7-5(19-11)1-3-17-7)21-13(16)22-10-8-6(2-4-18-8)20-12(10)15/h5-12,14-15H,1-4H2. The zero-order chi connectivity index (χ0) is 15.3. The second-order valence-electron chi connectivity index (χ2n) is 5.79. The smallest absolute Gasteiger partial charge is 0.423 e. The summed E-state index contributed by atoms with van der Waals surface area (Å²) in [5.74, 6) is 0. The minimum atomic E-state index is -1.25. The Morgan fingerprint density at radius 2 is 1.32 bits per heavy atom. The van der Waals surface area contributed by atoms with E-state index in [4.69, 9.17) is 28.4 Å². The molecule has 0 radical (unpaired) electrons. The molecule has 2 N–H and O–H groups in total. The number of aliphatic hydroxyl groups is 2. The first-order valence-electron chi connectivity index (χ1n) is 7.41. The van der Waals surface area contributed by atoms with E-state index in [-0.39, 0.29) is 12.2 Å². The molecule has 4 aliphatic heterocycles. The highest BCUT2D eigenvalue weighted by atomic mass is 16.8. The topological polar surface area (TPSA) is 113 Å². The van der Waals surface area contributed by atoms with Gasteiger partial charge in [0.2, 0.25) is 0 Å². The van der Waals surface area contributed by atoms with E-state index in [1.165, 1.54) is 0 Å². The fourth-order valence-corrected chi connectivity index (χ4v) is 3.43. The van der Waals surface area contributed by atoms with Crippen molar-refractivity contribution in [1.29, 1.82) is 0 Å². The number of fused-ring (bicyclic) bond motifs is 2. The number of ether oxygens (including phenoxy) is 6. The maximum atomic E-state index is 11.9. The van der Waals surface area contributed by atoms with Gasteiger partial charge in [-0.25, -0.2) is 4.79 Å². The van der Waals surface area contributed by atoms with Crippen molar-refractivity contribution in [2.24, 2.45) is 0 Å². The molecule has 4 aliphatic rings. The number of hydrogen-bond donors (Lipinski definition) is 2. The molecule has 4 saturated heterocycles. The zero-order valence-electron chi connectivity index (χ0n) is 11.7. The van der Waals surface area contributed by atoms with Gasteiger partial charge < -0.3 is 38.6 Å². The lowest BCUT2D eigenvalue weighted by atomic mass is 10.1. The molecular formula is C13H18O9. The monoisotopic (exact) mass is 318 g/mol. The Labute approximate surface area is 126 Å². The lowest BCUT2D eigenvalue weighted by molar-refractivity contribution is -0.162. The number of carbonyl (C=O) groups is 1. The predicted molar refractivity (Wildman–Crippen MR) is 65.6 cm³/mol. The Hall–Kier alpha value is -0.970. The average Bonchev–Trinajstić information content (AvgIpc) is 3.19. The van der Waals surface area contributed by atoms with Gasteiger partial charge in [0.25, 0.3) is 0 Å². The predicted octanol–water partition coefficient (Wildman–Crippen LogP) is -1.11. The zero-order valence-corrected chi connectivity index (χ0v) is 11.7. The van der Waals surface area contributed by atoms with Crippen molar-refractivity contribution in [2.45, 2.75) is 62.0 Å². The molecule has 0 aliphatic carbocycles. The molecule has 0 aromatic heterocycles. The van der Waals surface area contributed by atoms with Crippen LogP contribution in [0.4, 0.5) is 4.79 Å². The van der Waals surface area contributed by atoms with Crippen LogP contribution in [0.25, 0.3) is 0 Å². The largest absolute Gasteiger partial charge is 0.509 e. The highest BCUT2D eigenvalue weighted by Gasteiger charge is 2.52. The molecule has 0 aromatic carbocycles. The molecule has 0 saturated carbocycles. The average molecular weight is 318 g/mol. The third-order valence-electron chi connectivity index (χ3n) is 4.46. The number of aliphatic hydroxyl groups excluding tert-OH is 2. The van der Waals surface area contributed by atoms with Crippen LogP contribution in [0.2, 0.25) is 0 Å². The van der Waals surface area contributed by atoms with Crippen molar-refractivity contribution in [3.8, 4) is 0 Å². The lowest BCUT2D eigenvalue weighted by Crippen LogP contribution is -2.41. The summed E-state index contributed by atoms with van der Waals surface area (Å²) in [6.07, 6.45) is -5.68. The minimum absolute atomic E-state index is 0.282. The first-order valence-corrected chi connectivity index (χ1v) is 7.41. The van der Waals surface area contributed by atoms with Crippen LogP contribution < -0.4 is 0 Å². The first-order chi connectivity index (χ1) is 10.6. The summed E-state index contributed by atoms with van der Waals surface area (Å²) in [6, 6.07) is 0. The highest BCUT2D eigenvalue weighted by Crippen LogP contribution is 2.34. The molecule has 8 unspecified atom stereocenters. The normalized spacial score (nSPS) is 49.9. The summed E-state index contributed by atoms with van der Waals surface area (Å²) in [6.45, 7) is 0.980. The maximum Gasteiger partial charge on any atom is 0.509 e. The van der Waals surface area contributed by atoms with E-state index in [0.29, 0.717) is 26.1 Å². The fraction of sp³-hybridized carbons (Fsp3) is 0.923. The van der Waals surface area contributed by atoms with E-state index in [9.17, 15) is 15.0 Å². The van der Waals surface area contributed by atoms with E-state index in [2.05, 4.69) is 0 Å². The van der Waals surface area contributed by atoms with E-state index in [1.54, 1.807) is 0 Å². The third-order valence-corrected chi connectivity index (χ3v) is 4.46. The van der Waals surface area contributed by atoms with Gasteiger partial charge >= 0.3 is 6.16 Å². The quantitative estimate of drug-likeness (QED) is 0.612. The fourth-order valence-electron chi connectivity index (χ4n) is 3.43. The van der Waals surface area contributed by atoms with Gasteiger partial charge in [-0.15, -0.1) is 0 Å². The van der Waals surface area contributed by atoms with E-state index in [0.717, 1.165) is 0 Å². The van der Waals surface area contributed by atoms with Gasteiger partial charge in [-0.3, -0.25) is 0 Å². The Bertz CT molecular complexity index is 405. The maximum absolute atomic E-state index is 11.9. The van der Waals surface area contributed by atoms with Crippen molar-refractivity contribution in [3.05, 3.63) is 0 Å². The van der Waals surface area contributed by atoms with Crippen LogP contribution >= 0.6 is 0 Å². The van der Waals surface area contributed by atoms with Crippen molar-refractivity contribution >= 4 is 6.16 Å². The van der Waals surface area contributed by atoms with Crippen LogP contribution in [-0.4, -0.2) is 78.8 Å². The number of hydrogen-bond acceptors (Lipinski definition) is 9. The van der Waals surface area contributed by atoms with Gasteiger partial charge in [-0.2, -0.15) is 0 Å². The third kappa shape index (κ3) is 2.38. The van der Waals surface area contributed by atoms with Crippen molar-refractivity contribution in [2.75, 3.05) is 13.2 Å². The van der Waals surface area contributed by atoms with E-state index < -0.39 is 43.2 Å². The van der Waals surface area contributed by atoms with E-state index in [1.807, 2.05) is 0 Å². The second-order valence-corrected chi connectivity index (χ2v) is 5.79. The number of carbonyl (C=O) groups excluding carboxylic acids is 1. The molecule has 0 bridgehead atoms. The van der Waals surface area contributed by atoms with Crippen LogP contribution in [0.1, 0.15) is 12.8 Å². The Morgan fingerprint density at radius 3 is 1.77 bits per heavy atom. The molecule has 8 atom stereocenters. The van der Waals surface area contributed by atoms with Gasteiger partial charge in [-0.05, 0) is 12.8 Å². The minimum Gasteiger partial charge on any atom is -0.423 e. The highest BCUT2D eigenvalue weighted by molar-refractivity contribution is 5.60. The lowest BCUT2D eigenvalue weighted by Gasteiger charge is -2.22. The van der Waals surface area contributed by atoms with Gasteiger partial charge in [0.05, 0.1) is 12.2 Å². The second kappa shape index (κ2) is 5.59. The molecule has 4 rings (SSSR count). The van der Waals surface area contributed by atoms with Crippen LogP contribution in [0.15, 0.2) is 0 Å². The van der Waals surface area contributed by atoms with E-state index >= 15 is 0 Å². The van der Waals surface area contributed by atoms with Crippen LogP contribution in [0.5, 0.6) is 0 Å². The first kappa shape index (κ1) is 14.6. The molecule has 9 heteroatoms. The molecule has 4 heterocycles. The molecule has 0 amide bonds. The van der Waals surface area contributed by atoms with Crippen molar-refractivity contribution in [3.63, 3.8) is 0 Å². The van der Waals surface area contributed by atoms with Gasteiger partial charge in [0, 0.05) is 13.2 Å². The molecule has 0 aromatic rings. The summed E-state index contributed by atoms with van der Waals surface area (Å²) < 4.78 is 31.6. The molecule has 0 spiro atoms. The van der Waals surface area contributed by atoms with Crippen molar-refractivity contribution in [1.82, 2.24) is 0 Å². The van der Waals surface area contributed by atoms with Gasteiger partial charge in [0.15, 0.2) is 24.8 Å². The SMILES string of the molecule is O=C(OC1C(O)OC2CCOC21)OC1C(O)OC2CCOC21. The molecule has 9 nitrogen and oxygen atoms in total. The molecule has 124 valence electrons. The Balaban J connectivity index is 1.36. The summed E-state index contributed by atoms with van der Waals surface area (Å²) in [5, 5.41) is 19.5. The summed E-state index contributed by atoms with van der Waals surface area (Å²) in [4.78, 5) is 11.9. The Kier molecular flexibility index (Phi) is 3.71. The van der Waals surface area contributed by atoms with Crippen molar-refractivity contribution < 1.29 is 43.4 Å². The molecule has 4 fully saturated rings. The van der Waals surface area contributed by atoms with Gasteiger partial charge in [-0.1, -0.05) is 0 Å². The van der Waals surface area contributed by atoms with Gasteiger partial charge in [0.1, 0.15) is 12.2 Å². The Morgan fingerprint density at radius 1 is 0.864 bits per heavy atom. The van der Waals surface area contributed by atoms with Crippen LogP contribution in [0.3, 0.4) is 0 Å². The summed E-state index contributed by atoms with van der Waals surface area (Å²) in [7, 11) is 0. The molecule has 22 heavy (non-hydrogen) atoms. The van der Waals surface area contributed by atoms with Crippen LogP contribution in [-0.2, 0) is 28.4 Å². The van der Waals surface area contributed by atoms with Crippen LogP contribution in [0, 0.1) is 0 Å². The summed E-state index contributed by atoms with van der Waals surface area (Å²) >= 11 is 0. The number of rotatable bonds is 2.